The zero-order chi connectivity index (χ0) is 17.7. The van der Waals surface area contributed by atoms with Crippen molar-refractivity contribution >= 4 is 23.2 Å². The molecule has 0 saturated heterocycles. The van der Waals surface area contributed by atoms with Crippen LogP contribution in [0.5, 0.6) is 0 Å². The van der Waals surface area contributed by atoms with Gasteiger partial charge in [-0.25, -0.2) is 4.79 Å². The maximum Gasteiger partial charge on any atom is 0.372 e. The van der Waals surface area contributed by atoms with Crippen LogP contribution in [0.25, 0.3) is 0 Å². The van der Waals surface area contributed by atoms with Gasteiger partial charge in [0.05, 0.1) is 15.9 Å². The van der Waals surface area contributed by atoms with Gasteiger partial charge in [-0.3, -0.25) is 25.2 Å². The molecule has 2 rings (SSSR count). The lowest BCUT2D eigenvalue weighted by molar-refractivity contribution is -0.394. The summed E-state index contributed by atoms with van der Waals surface area (Å²) in [5.74, 6) is -1.32. The summed E-state index contributed by atoms with van der Waals surface area (Å²) < 4.78 is 0. The molecule has 1 aromatic heterocycles. The second-order valence-corrected chi connectivity index (χ2v) is 4.31. The number of carbonyl (C=O) groups is 1. The second-order valence-electron chi connectivity index (χ2n) is 4.31. The van der Waals surface area contributed by atoms with E-state index in [4.69, 9.17) is 5.73 Å². The zero-order valence-electron chi connectivity index (χ0n) is 11.9. The lowest BCUT2D eigenvalue weighted by Gasteiger charge is -2.02. The van der Waals surface area contributed by atoms with Gasteiger partial charge in [0.25, 0.3) is 11.4 Å². The molecule has 1 aromatic carbocycles. The van der Waals surface area contributed by atoms with E-state index < -0.39 is 32.8 Å². The third kappa shape index (κ3) is 3.65. The van der Waals surface area contributed by atoms with Gasteiger partial charge in [0.2, 0.25) is 0 Å². The van der Waals surface area contributed by atoms with E-state index in [0.717, 1.165) is 12.1 Å². The summed E-state index contributed by atoms with van der Waals surface area (Å²) in [4.78, 5) is 40.1. The van der Waals surface area contributed by atoms with Crippen molar-refractivity contribution in [2.45, 2.75) is 0 Å². The number of hydrogen-bond acceptors (Lipinski definition) is 8. The van der Waals surface area contributed by atoms with Crippen LogP contribution in [0.4, 0.5) is 11.4 Å². The average molecular weight is 331 g/mol. The summed E-state index contributed by atoms with van der Waals surface area (Å²) >= 11 is 0. The van der Waals surface area contributed by atoms with Crippen LogP contribution in [0.2, 0.25) is 0 Å². The minimum Gasteiger partial charge on any atom is -0.380 e. The maximum atomic E-state index is 11.9. The fourth-order valence-electron chi connectivity index (χ4n) is 1.67. The Morgan fingerprint density at radius 2 is 1.79 bits per heavy atom. The Balaban J connectivity index is 2.27. The highest BCUT2D eigenvalue weighted by Crippen LogP contribution is 2.25. The molecule has 0 fully saturated rings. The van der Waals surface area contributed by atoms with Gasteiger partial charge in [-0.15, -0.1) is 0 Å². The van der Waals surface area contributed by atoms with E-state index in [1.807, 2.05) is 0 Å². The van der Waals surface area contributed by atoms with E-state index >= 15 is 0 Å². The van der Waals surface area contributed by atoms with Crippen molar-refractivity contribution in [1.82, 2.24) is 4.98 Å². The Hall–Kier alpha value is -3.89. The Morgan fingerprint density at radius 3 is 2.38 bits per heavy atom. The molecule has 0 spiro atoms. The van der Waals surface area contributed by atoms with E-state index in [0.29, 0.717) is 11.6 Å². The van der Waals surface area contributed by atoms with Crippen molar-refractivity contribution in [1.29, 1.82) is 0 Å². The van der Waals surface area contributed by atoms with E-state index in [9.17, 15) is 25.0 Å². The van der Waals surface area contributed by atoms with Crippen LogP contribution in [0.1, 0.15) is 15.9 Å². The zero-order valence-corrected chi connectivity index (χ0v) is 11.9. The number of nitrogens with zero attached hydrogens (tertiary/aromatic N) is 4. The first kappa shape index (κ1) is 16.5. The summed E-state index contributed by atoms with van der Waals surface area (Å²) in [5.41, 5.74) is 4.24. The minimum absolute atomic E-state index is 0.143. The van der Waals surface area contributed by atoms with E-state index in [1.54, 1.807) is 0 Å². The standard InChI is InChI=1S/C13H9N5O6/c14-12(8-3-5-15-6-4-8)16-24-13(19)10-2-1-9(17(20)21)7-11(10)18(22)23/h1-7H,(H2,14,16). The highest BCUT2D eigenvalue weighted by Gasteiger charge is 2.25. The first-order chi connectivity index (χ1) is 11.4. The molecule has 122 valence electrons. The largest absolute Gasteiger partial charge is 0.380 e. The topological polar surface area (TPSA) is 164 Å². The lowest BCUT2D eigenvalue weighted by Crippen LogP contribution is -2.15. The Morgan fingerprint density at radius 1 is 1.12 bits per heavy atom. The number of nitro benzene ring substituents is 2. The molecule has 0 unspecified atom stereocenters. The summed E-state index contributed by atoms with van der Waals surface area (Å²) in [6, 6.07) is 5.55. The molecule has 0 radical (unpaired) electrons. The van der Waals surface area contributed by atoms with Gasteiger partial charge in [-0.2, -0.15) is 0 Å². The molecule has 0 aliphatic carbocycles. The number of pyridine rings is 1. The van der Waals surface area contributed by atoms with Gasteiger partial charge in [0.15, 0.2) is 5.84 Å². The van der Waals surface area contributed by atoms with Gasteiger partial charge < -0.3 is 10.6 Å². The predicted octanol–water partition coefficient (Wildman–Crippen LogP) is 1.38. The Kier molecular flexibility index (Phi) is 4.75. The van der Waals surface area contributed by atoms with E-state index in [-0.39, 0.29) is 5.84 Å². The summed E-state index contributed by atoms with van der Waals surface area (Å²) in [6.45, 7) is 0. The number of oxime groups is 1. The van der Waals surface area contributed by atoms with E-state index in [2.05, 4.69) is 15.0 Å². The first-order valence-corrected chi connectivity index (χ1v) is 6.28. The van der Waals surface area contributed by atoms with Gasteiger partial charge >= 0.3 is 5.97 Å². The van der Waals surface area contributed by atoms with Crippen molar-refractivity contribution in [3.63, 3.8) is 0 Å². The molecule has 1 heterocycles. The fourth-order valence-corrected chi connectivity index (χ4v) is 1.67. The van der Waals surface area contributed by atoms with Crippen molar-refractivity contribution in [3.8, 4) is 0 Å². The number of nitrogens with two attached hydrogens (primary N) is 1. The van der Waals surface area contributed by atoms with Crippen molar-refractivity contribution < 1.29 is 19.5 Å². The average Bonchev–Trinajstić information content (AvgIpc) is 2.59. The summed E-state index contributed by atoms with van der Waals surface area (Å²) in [5, 5.41) is 25.0. The SMILES string of the molecule is N/C(=N\OC(=O)c1ccc([N+](=O)[O-])cc1[N+](=O)[O-])c1ccncc1. The molecule has 0 atom stereocenters. The third-order valence-corrected chi connectivity index (χ3v) is 2.81. The van der Waals surface area contributed by atoms with Crippen molar-refractivity contribution in [3.05, 3.63) is 74.1 Å². The number of nitro groups is 2. The molecule has 24 heavy (non-hydrogen) atoms. The quantitative estimate of drug-likeness (QED) is 0.282. The first-order valence-electron chi connectivity index (χ1n) is 6.28. The van der Waals surface area contributed by atoms with Gasteiger partial charge in [-0.05, 0) is 18.2 Å². The number of amidine groups is 1. The van der Waals surface area contributed by atoms with Crippen LogP contribution in [0.3, 0.4) is 0 Å². The van der Waals surface area contributed by atoms with Gasteiger partial charge in [0.1, 0.15) is 5.56 Å². The summed E-state index contributed by atoms with van der Waals surface area (Å²) in [6.07, 6.45) is 2.89. The van der Waals surface area contributed by atoms with Crippen LogP contribution in [-0.2, 0) is 4.84 Å². The number of rotatable bonds is 5. The van der Waals surface area contributed by atoms with Crippen LogP contribution in [-0.4, -0.2) is 26.6 Å². The fraction of sp³-hybridized carbons (Fsp3) is 0. The van der Waals surface area contributed by atoms with Crippen LogP contribution < -0.4 is 5.73 Å². The molecule has 11 nitrogen and oxygen atoms in total. The second kappa shape index (κ2) is 6.91. The molecular weight excluding hydrogens is 322 g/mol. The van der Waals surface area contributed by atoms with Crippen molar-refractivity contribution in [2.75, 3.05) is 0 Å². The highest BCUT2D eigenvalue weighted by atomic mass is 16.7. The smallest absolute Gasteiger partial charge is 0.372 e. The normalized spacial score (nSPS) is 10.9. The molecular formula is C13H9N5O6. The molecule has 0 aliphatic heterocycles. The number of aromatic nitrogens is 1. The van der Waals surface area contributed by atoms with Crippen molar-refractivity contribution in [2.24, 2.45) is 10.9 Å². The van der Waals surface area contributed by atoms with Crippen LogP contribution in [0.15, 0.2) is 47.9 Å². The number of carbonyl (C=O) groups excluding carboxylic acids is 1. The molecule has 0 aliphatic rings. The Labute approximate surface area is 133 Å². The van der Waals surface area contributed by atoms with Gasteiger partial charge in [-0.1, -0.05) is 5.16 Å². The molecule has 2 N–H and O–H groups in total. The molecule has 2 aromatic rings. The lowest BCUT2D eigenvalue weighted by atomic mass is 10.1. The molecule has 0 amide bonds. The van der Waals surface area contributed by atoms with Crippen LogP contribution in [0, 0.1) is 20.2 Å². The van der Waals surface area contributed by atoms with Gasteiger partial charge in [0, 0.05) is 24.0 Å². The predicted molar refractivity (Wildman–Crippen MR) is 80.1 cm³/mol. The Bertz CT molecular complexity index is 836. The molecule has 11 heteroatoms. The summed E-state index contributed by atoms with van der Waals surface area (Å²) in [7, 11) is 0. The number of benzene rings is 1. The maximum absolute atomic E-state index is 11.9. The minimum atomic E-state index is -1.17. The van der Waals surface area contributed by atoms with E-state index in [1.165, 1.54) is 24.5 Å². The molecule has 0 bridgehead atoms. The third-order valence-electron chi connectivity index (χ3n) is 2.81. The number of non-ortho nitro benzene ring substituents is 1. The monoisotopic (exact) mass is 331 g/mol. The van der Waals surface area contributed by atoms with Crippen LogP contribution >= 0.6 is 0 Å². The molecule has 0 saturated carbocycles. The number of hydrogen-bond donors (Lipinski definition) is 1. The highest BCUT2D eigenvalue weighted by molar-refractivity contribution is 5.98.